The second kappa shape index (κ2) is 5.70. The topological polar surface area (TPSA) is 45.8 Å². The minimum Gasteiger partial charge on any atom is -0.307 e. The lowest BCUT2D eigenvalue weighted by Gasteiger charge is -2.07. The van der Waals surface area contributed by atoms with Crippen LogP contribution in [0.4, 0.5) is 0 Å². The van der Waals surface area contributed by atoms with Gasteiger partial charge in [0.2, 0.25) is 0 Å². The summed E-state index contributed by atoms with van der Waals surface area (Å²) in [6.45, 7) is 6.26. The summed E-state index contributed by atoms with van der Waals surface area (Å²) < 4.78 is 1.02. The zero-order chi connectivity index (χ0) is 14.0. The van der Waals surface area contributed by atoms with Crippen molar-refractivity contribution in [2.75, 3.05) is 0 Å². The van der Waals surface area contributed by atoms with E-state index < -0.39 is 0 Å². The van der Waals surface area contributed by atoms with Crippen molar-refractivity contribution in [1.82, 2.24) is 9.97 Å². The third-order valence-electron chi connectivity index (χ3n) is 2.86. The molecule has 100 valence electrons. The molecule has 2 aromatic rings. The van der Waals surface area contributed by atoms with Gasteiger partial charge in [-0.1, -0.05) is 41.9 Å². The maximum absolute atomic E-state index is 11.7. The maximum atomic E-state index is 11.7. The normalized spacial score (nSPS) is 11.0. The number of nitrogens with one attached hydrogen (secondary N) is 1. The van der Waals surface area contributed by atoms with Gasteiger partial charge in [0.25, 0.3) is 5.56 Å². The number of aromatic nitrogens is 2. The first-order valence-corrected chi connectivity index (χ1v) is 7.12. The SMILES string of the molecule is Cc1ccc(-c2nc(CC(C)C)cc(=O)[nH]2)cc1Br. The standard InChI is InChI=1S/C15H17BrN2O/c1-9(2)6-12-8-14(19)18-15(17-12)11-5-4-10(3)13(16)7-11/h4-5,7-9H,6H2,1-3H3,(H,17,18,19). The van der Waals surface area contributed by atoms with E-state index in [4.69, 9.17) is 0 Å². The van der Waals surface area contributed by atoms with Crippen molar-refractivity contribution in [3.63, 3.8) is 0 Å². The molecule has 0 atom stereocenters. The summed E-state index contributed by atoms with van der Waals surface area (Å²) in [4.78, 5) is 19.0. The van der Waals surface area contributed by atoms with Crippen molar-refractivity contribution in [3.05, 3.63) is 50.3 Å². The highest BCUT2D eigenvalue weighted by atomic mass is 79.9. The molecule has 0 saturated carbocycles. The van der Waals surface area contributed by atoms with E-state index in [1.165, 1.54) is 0 Å². The molecule has 0 bridgehead atoms. The predicted molar refractivity (Wildman–Crippen MR) is 81.3 cm³/mol. The number of hydrogen-bond donors (Lipinski definition) is 1. The molecule has 0 aliphatic rings. The van der Waals surface area contributed by atoms with Gasteiger partial charge in [-0.15, -0.1) is 0 Å². The van der Waals surface area contributed by atoms with Crippen LogP contribution >= 0.6 is 15.9 Å². The molecule has 0 aliphatic carbocycles. The fraction of sp³-hybridized carbons (Fsp3) is 0.333. The summed E-state index contributed by atoms with van der Waals surface area (Å²) in [5, 5.41) is 0. The van der Waals surface area contributed by atoms with Crippen LogP contribution in [0.2, 0.25) is 0 Å². The molecule has 0 unspecified atom stereocenters. The first-order valence-electron chi connectivity index (χ1n) is 6.32. The Labute approximate surface area is 121 Å². The molecule has 1 aromatic carbocycles. The Kier molecular flexibility index (Phi) is 4.20. The summed E-state index contributed by atoms with van der Waals surface area (Å²) in [5.41, 5.74) is 2.81. The molecule has 0 spiro atoms. The van der Waals surface area contributed by atoms with Crippen LogP contribution in [0.25, 0.3) is 11.4 Å². The highest BCUT2D eigenvalue weighted by molar-refractivity contribution is 9.10. The summed E-state index contributed by atoms with van der Waals surface area (Å²) in [6, 6.07) is 7.53. The van der Waals surface area contributed by atoms with Crippen LogP contribution < -0.4 is 5.56 Å². The lowest BCUT2D eigenvalue weighted by molar-refractivity contribution is 0.634. The van der Waals surface area contributed by atoms with E-state index in [0.717, 1.165) is 27.7 Å². The Hall–Kier alpha value is -1.42. The fourth-order valence-corrected chi connectivity index (χ4v) is 2.29. The molecule has 1 heterocycles. The maximum Gasteiger partial charge on any atom is 0.251 e. The molecule has 1 aromatic heterocycles. The largest absolute Gasteiger partial charge is 0.307 e. The average Bonchev–Trinajstić information content (AvgIpc) is 2.31. The summed E-state index contributed by atoms with van der Waals surface area (Å²) >= 11 is 3.50. The van der Waals surface area contributed by atoms with Gasteiger partial charge in [-0.3, -0.25) is 4.79 Å². The van der Waals surface area contributed by atoms with E-state index in [9.17, 15) is 4.79 Å². The van der Waals surface area contributed by atoms with Gasteiger partial charge in [0.15, 0.2) is 0 Å². The molecule has 2 rings (SSSR count). The van der Waals surface area contributed by atoms with Crippen molar-refractivity contribution in [2.45, 2.75) is 27.2 Å². The van der Waals surface area contributed by atoms with Crippen molar-refractivity contribution in [2.24, 2.45) is 5.92 Å². The highest BCUT2D eigenvalue weighted by Gasteiger charge is 2.07. The molecule has 19 heavy (non-hydrogen) atoms. The number of hydrogen-bond acceptors (Lipinski definition) is 2. The Bertz CT molecular complexity index is 647. The minimum atomic E-state index is -0.0997. The molecule has 0 radical (unpaired) electrons. The lowest BCUT2D eigenvalue weighted by atomic mass is 10.1. The third kappa shape index (κ3) is 3.53. The summed E-state index contributed by atoms with van der Waals surface area (Å²) in [6.07, 6.45) is 0.809. The van der Waals surface area contributed by atoms with Gasteiger partial charge in [-0.25, -0.2) is 4.98 Å². The zero-order valence-electron chi connectivity index (χ0n) is 11.3. The molecule has 3 nitrogen and oxygen atoms in total. The molecule has 4 heteroatoms. The second-order valence-corrected chi connectivity index (χ2v) is 6.00. The highest BCUT2D eigenvalue weighted by Crippen LogP contribution is 2.23. The van der Waals surface area contributed by atoms with Crippen molar-refractivity contribution >= 4 is 15.9 Å². The van der Waals surface area contributed by atoms with Crippen LogP contribution in [0.15, 0.2) is 33.5 Å². The van der Waals surface area contributed by atoms with Gasteiger partial charge in [0, 0.05) is 21.8 Å². The number of nitrogens with zero attached hydrogens (tertiary/aromatic N) is 1. The lowest BCUT2D eigenvalue weighted by Crippen LogP contribution is -2.11. The average molecular weight is 321 g/mol. The number of aromatic amines is 1. The molecule has 0 fully saturated rings. The summed E-state index contributed by atoms with van der Waals surface area (Å²) in [5.74, 6) is 1.11. The van der Waals surface area contributed by atoms with Crippen molar-refractivity contribution < 1.29 is 0 Å². The van der Waals surface area contributed by atoms with Gasteiger partial charge in [-0.05, 0) is 30.9 Å². The van der Waals surface area contributed by atoms with Crippen LogP contribution in [-0.2, 0) is 6.42 Å². The molecule has 0 amide bonds. The molecule has 1 N–H and O–H groups in total. The van der Waals surface area contributed by atoms with E-state index in [1.54, 1.807) is 6.07 Å². The number of H-pyrrole nitrogens is 1. The van der Waals surface area contributed by atoms with Crippen molar-refractivity contribution in [1.29, 1.82) is 0 Å². The van der Waals surface area contributed by atoms with Crippen LogP contribution in [-0.4, -0.2) is 9.97 Å². The Morgan fingerprint density at radius 3 is 2.68 bits per heavy atom. The van der Waals surface area contributed by atoms with Gasteiger partial charge in [-0.2, -0.15) is 0 Å². The van der Waals surface area contributed by atoms with E-state index in [2.05, 4.69) is 39.7 Å². The summed E-state index contributed by atoms with van der Waals surface area (Å²) in [7, 11) is 0. The minimum absolute atomic E-state index is 0.0997. The number of halogens is 1. The molecular weight excluding hydrogens is 304 g/mol. The second-order valence-electron chi connectivity index (χ2n) is 5.15. The molecular formula is C15H17BrN2O. The van der Waals surface area contributed by atoms with Crippen LogP contribution in [0.3, 0.4) is 0 Å². The van der Waals surface area contributed by atoms with Crippen molar-refractivity contribution in [3.8, 4) is 11.4 Å². The van der Waals surface area contributed by atoms with Gasteiger partial charge in [0.05, 0.1) is 0 Å². The van der Waals surface area contributed by atoms with Crippen LogP contribution in [0.1, 0.15) is 25.1 Å². The first-order chi connectivity index (χ1) is 8.95. The predicted octanol–water partition coefficient (Wildman–Crippen LogP) is 3.71. The van der Waals surface area contributed by atoms with E-state index in [1.807, 2.05) is 25.1 Å². The quantitative estimate of drug-likeness (QED) is 0.937. The molecule has 0 aliphatic heterocycles. The fourth-order valence-electron chi connectivity index (χ4n) is 1.91. The Balaban J connectivity index is 2.46. The molecule has 0 saturated heterocycles. The smallest absolute Gasteiger partial charge is 0.251 e. The van der Waals surface area contributed by atoms with Crippen LogP contribution in [0.5, 0.6) is 0 Å². The number of rotatable bonds is 3. The van der Waals surface area contributed by atoms with E-state index in [0.29, 0.717) is 11.7 Å². The van der Waals surface area contributed by atoms with Gasteiger partial charge in [0.1, 0.15) is 5.82 Å². The van der Waals surface area contributed by atoms with Gasteiger partial charge < -0.3 is 4.98 Å². The number of benzene rings is 1. The van der Waals surface area contributed by atoms with Gasteiger partial charge >= 0.3 is 0 Å². The first kappa shape index (κ1) is 14.0. The van der Waals surface area contributed by atoms with Crippen LogP contribution in [0, 0.1) is 12.8 Å². The Morgan fingerprint density at radius 2 is 2.05 bits per heavy atom. The van der Waals surface area contributed by atoms with E-state index in [-0.39, 0.29) is 5.56 Å². The van der Waals surface area contributed by atoms with E-state index >= 15 is 0 Å². The zero-order valence-corrected chi connectivity index (χ0v) is 12.9. The Morgan fingerprint density at radius 1 is 1.32 bits per heavy atom. The monoisotopic (exact) mass is 320 g/mol. The third-order valence-corrected chi connectivity index (χ3v) is 3.71. The number of aryl methyl sites for hydroxylation is 1.